The van der Waals surface area contributed by atoms with Crippen LogP contribution in [0.15, 0.2) is 59.6 Å². The molecule has 9 heteroatoms. The van der Waals surface area contributed by atoms with Crippen LogP contribution in [0.2, 0.25) is 0 Å². The number of phenols is 1. The molecule has 2 N–H and O–H groups in total. The van der Waals surface area contributed by atoms with Gasteiger partial charge < -0.3 is 25.0 Å². The van der Waals surface area contributed by atoms with Crippen LogP contribution in [0.3, 0.4) is 0 Å². The van der Waals surface area contributed by atoms with Gasteiger partial charge in [-0.15, -0.1) is 0 Å². The van der Waals surface area contributed by atoms with Crippen LogP contribution >= 0.6 is 0 Å². The topological polar surface area (TPSA) is 77.4 Å². The summed E-state index contributed by atoms with van der Waals surface area (Å²) in [7, 11) is 3.14. The summed E-state index contributed by atoms with van der Waals surface area (Å²) < 4.78 is 33.6. The lowest BCUT2D eigenvalue weighted by atomic mass is 9.91. The summed E-state index contributed by atoms with van der Waals surface area (Å²) in [5.41, 5.74) is 4.23. The second-order valence-corrected chi connectivity index (χ2v) is 9.84. The first-order chi connectivity index (χ1) is 18.2. The molecule has 0 aromatic heterocycles. The van der Waals surface area contributed by atoms with Crippen LogP contribution in [0.4, 0.5) is 20.2 Å². The van der Waals surface area contributed by atoms with Crippen molar-refractivity contribution in [2.24, 2.45) is 4.99 Å². The van der Waals surface area contributed by atoms with Gasteiger partial charge in [-0.1, -0.05) is 12.1 Å². The summed E-state index contributed by atoms with van der Waals surface area (Å²) in [5, 5.41) is 13.2. The number of fused-ring (bicyclic) bond motifs is 1. The van der Waals surface area contributed by atoms with Crippen LogP contribution in [0.25, 0.3) is 11.1 Å². The van der Waals surface area contributed by atoms with E-state index in [1.54, 1.807) is 41.1 Å². The number of carbonyl (C=O) groups is 1. The molecule has 0 saturated carbocycles. The van der Waals surface area contributed by atoms with Crippen LogP contribution < -0.4 is 15.0 Å². The lowest BCUT2D eigenvalue weighted by molar-refractivity contribution is -0.131. The molecule has 3 aromatic carbocycles. The van der Waals surface area contributed by atoms with Gasteiger partial charge in [0.15, 0.2) is 0 Å². The number of aromatic hydroxyl groups is 1. The number of anilines is 1. The van der Waals surface area contributed by atoms with Crippen LogP contribution in [0.5, 0.6) is 11.5 Å². The molecule has 2 heterocycles. The van der Waals surface area contributed by atoms with E-state index in [4.69, 9.17) is 4.74 Å². The maximum Gasteiger partial charge on any atom is 0.250 e. The zero-order valence-corrected chi connectivity index (χ0v) is 21.5. The van der Waals surface area contributed by atoms with Crippen molar-refractivity contribution < 1.29 is 23.4 Å². The number of aliphatic imine (C=N–C) groups is 1. The molecule has 1 fully saturated rings. The zero-order valence-electron chi connectivity index (χ0n) is 21.5. The SMILES string of the molecule is COc1cc(F)cc(N2C=Nc3cc(C)c(-c4cccc(O)c4)cc3C2C(=O)N(C)C[C@@H]2C[C@H](F)CN2)c1. The number of hydrogen-bond acceptors (Lipinski definition) is 6. The third kappa shape index (κ3) is 5.06. The van der Waals surface area contributed by atoms with Gasteiger partial charge in [0.05, 0.1) is 19.1 Å². The van der Waals surface area contributed by atoms with Crippen LogP contribution in [-0.2, 0) is 4.79 Å². The number of phenolic OH excluding ortho intramolecular Hbond substituents is 1. The predicted molar refractivity (Wildman–Crippen MR) is 144 cm³/mol. The molecule has 38 heavy (non-hydrogen) atoms. The van der Waals surface area contributed by atoms with Crippen molar-refractivity contribution in [1.82, 2.24) is 10.2 Å². The Morgan fingerprint density at radius 2 is 2.05 bits per heavy atom. The number of aryl methyl sites for hydroxylation is 1. The Hall–Kier alpha value is -3.98. The van der Waals surface area contributed by atoms with Gasteiger partial charge >= 0.3 is 0 Å². The van der Waals surface area contributed by atoms with Gasteiger partial charge in [0, 0.05) is 49.6 Å². The number of nitrogens with one attached hydrogen (secondary N) is 1. The summed E-state index contributed by atoms with van der Waals surface area (Å²) in [6.45, 7) is 2.54. The van der Waals surface area contributed by atoms with Crippen LogP contribution in [0.1, 0.15) is 23.6 Å². The minimum absolute atomic E-state index is 0.133. The van der Waals surface area contributed by atoms with Crippen molar-refractivity contribution in [3.05, 3.63) is 71.5 Å². The van der Waals surface area contributed by atoms with Crippen molar-refractivity contribution in [3.63, 3.8) is 0 Å². The minimum Gasteiger partial charge on any atom is -0.508 e. The second-order valence-electron chi connectivity index (χ2n) is 9.84. The number of amides is 1. The number of hydrogen-bond donors (Lipinski definition) is 2. The molecule has 2 aliphatic heterocycles. The van der Waals surface area contributed by atoms with Gasteiger partial charge in [0.25, 0.3) is 0 Å². The van der Waals surface area contributed by atoms with E-state index in [0.29, 0.717) is 35.7 Å². The Kier molecular flexibility index (Phi) is 7.03. The van der Waals surface area contributed by atoms with E-state index in [0.717, 1.165) is 16.7 Å². The highest BCUT2D eigenvalue weighted by molar-refractivity contribution is 5.99. The molecule has 0 radical (unpaired) electrons. The molecule has 1 saturated heterocycles. The largest absolute Gasteiger partial charge is 0.508 e. The average molecular weight is 521 g/mol. The zero-order chi connectivity index (χ0) is 27.0. The summed E-state index contributed by atoms with van der Waals surface area (Å²) in [4.78, 5) is 21.9. The summed E-state index contributed by atoms with van der Waals surface area (Å²) >= 11 is 0. The molecule has 3 atom stereocenters. The van der Waals surface area contributed by atoms with Gasteiger partial charge in [-0.25, -0.2) is 13.8 Å². The second kappa shape index (κ2) is 10.4. The van der Waals surface area contributed by atoms with Crippen molar-refractivity contribution in [1.29, 1.82) is 0 Å². The number of likely N-dealkylation sites (N-methyl/N-ethyl adjacent to an activating group) is 1. The van der Waals surface area contributed by atoms with Crippen LogP contribution in [0, 0.1) is 12.7 Å². The summed E-state index contributed by atoms with van der Waals surface area (Å²) in [6.07, 6.45) is 0.938. The molecule has 0 spiro atoms. The van der Waals surface area contributed by atoms with Gasteiger partial charge in [-0.05, 0) is 60.4 Å². The highest BCUT2D eigenvalue weighted by Crippen LogP contribution is 2.42. The highest BCUT2D eigenvalue weighted by atomic mass is 19.1. The van der Waals surface area contributed by atoms with Crippen molar-refractivity contribution in [2.75, 3.05) is 32.1 Å². The van der Waals surface area contributed by atoms with E-state index in [2.05, 4.69) is 10.3 Å². The van der Waals surface area contributed by atoms with Gasteiger partial charge in [0.2, 0.25) is 5.91 Å². The standard InChI is InChI=1S/C29H30F2N4O3/c1-17-7-27-26(13-25(17)18-5-4-6-23(36)8-18)28(29(37)34(2)15-21-9-20(31)14-32-21)35(16-33-27)22-10-19(30)11-24(12-22)38-3/h4-8,10-13,16,20-21,28,32,36H,9,14-15H2,1-3H3/t20-,21-,28?/m0/s1. The molecule has 1 unspecified atom stereocenters. The van der Waals surface area contributed by atoms with Crippen molar-refractivity contribution in [2.45, 2.75) is 31.6 Å². The number of halogens is 2. The van der Waals surface area contributed by atoms with Crippen molar-refractivity contribution >= 4 is 23.6 Å². The van der Waals surface area contributed by atoms with Crippen molar-refractivity contribution in [3.8, 4) is 22.6 Å². The van der Waals surface area contributed by atoms with E-state index in [-0.39, 0.29) is 24.2 Å². The Balaban J connectivity index is 1.60. The fourth-order valence-corrected chi connectivity index (χ4v) is 5.19. The lowest BCUT2D eigenvalue weighted by Crippen LogP contribution is -2.46. The fourth-order valence-electron chi connectivity index (χ4n) is 5.19. The predicted octanol–water partition coefficient (Wildman–Crippen LogP) is 4.89. The number of alkyl halides is 1. The number of nitrogens with zero attached hydrogens (tertiary/aromatic N) is 3. The number of methoxy groups -OCH3 is 1. The first-order valence-corrected chi connectivity index (χ1v) is 12.5. The van der Waals surface area contributed by atoms with Gasteiger partial charge in [0.1, 0.15) is 29.5 Å². The van der Waals surface area contributed by atoms with E-state index < -0.39 is 18.0 Å². The Morgan fingerprint density at radius 1 is 1.24 bits per heavy atom. The molecule has 2 aliphatic rings. The summed E-state index contributed by atoms with van der Waals surface area (Å²) in [5.74, 6) is -0.303. The number of rotatable bonds is 6. The Morgan fingerprint density at radius 3 is 2.76 bits per heavy atom. The first-order valence-electron chi connectivity index (χ1n) is 12.5. The molecule has 1 amide bonds. The van der Waals surface area contributed by atoms with E-state index in [1.807, 2.05) is 25.1 Å². The Labute approximate surface area is 220 Å². The van der Waals surface area contributed by atoms with E-state index >= 15 is 0 Å². The molecule has 5 rings (SSSR count). The summed E-state index contributed by atoms with van der Waals surface area (Å²) in [6, 6.07) is 13.9. The van der Waals surface area contributed by atoms with E-state index in [9.17, 15) is 18.7 Å². The number of carbonyl (C=O) groups excluding carboxylic acids is 1. The minimum atomic E-state index is -0.935. The molecule has 7 nitrogen and oxygen atoms in total. The maximum atomic E-state index is 14.5. The number of ether oxygens (including phenoxy) is 1. The third-order valence-electron chi connectivity index (χ3n) is 7.09. The molecular weight excluding hydrogens is 490 g/mol. The molecule has 0 bridgehead atoms. The lowest BCUT2D eigenvalue weighted by Gasteiger charge is -2.36. The molecule has 3 aromatic rings. The van der Waals surface area contributed by atoms with E-state index in [1.165, 1.54) is 25.6 Å². The maximum absolute atomic E-state index is 14.5. The highest BCUT2D eigenvalue weighted by Gasteiger charge is 2.36. The normalized spacial score (nSPS) is 20.3. The third-order valence-corrected chi connectivity index (χ3v) is 7.09. The van der Waals surface area contributed by atoms with Gasteiger partial charge in [-0.3, -0.25) is 4.79 Å². The quantitative estimate of drug-likeness (QED) is 0.484. The van der Waals surface area contributed by atoms with Crippen LogP contribution in [-0.4, -0.2) is 61.7 Å². The van der Waals surface area contributed by atoms with Gasteiger partial charge in [-0.2, -0.15) is 0 Å². The fraction of sp³-hybridized carbons (Fsp3) is 0.310. The molecule has 0 aliphatic carbocycles. The Bertz CT molecular complexity index is 1400. The number of benzene rings is 3. The molecular formula is C29H30F2N4O3. The first kappa shape index (κ1) is 25.7. The average Bonchev–Trinajstić information content (AvgIpc) is 3.30. The molecule has 198 valence electrons. The smallest absolute Gasteiger partial charge is 0.250 e. The monoisotopic (exact) mass is 520 g/mol.